The summed E-state index contributed by atoms with van der Waals surface area (Å²) in [7, 11) is 2.21. The van der Waals surface area contributed by atoms with E-state index in [0.717, 1.165) is 24.7 Å². The highest BCUT2D eigenvalue weighted by Gasteiger charge is 2.19. The minimum Gasteiger partial charge on any atom is -0.370 e. The zero-order chi connectivity index (χ0) is 15.2. The van der Waals surface area contributed by atoms with Crippen molar-refractivity contribution >= 4 is 11.6 Å². The topological polar surface area (TPSA) is 53.1 Å². The SMILES string of the molecule is CCNc1ncnc(NCC2CCCN(C)C2)c1C(C)C. The molecule has 5 heteroatoms. The summed E-state index contributed by atoms with van der Waals surface area (Å²) in [6.07, 6.45) is 4.25. The number of nitrogens with zero attached hydrogens (tertiary/aromatic N) is 3. The number of nitrogens with one attached hydrogen (secondary N) is 2. The van der Waals surface area contributed by atoms with Crippen molar-refractivity contribution < 1.29 is 0 Å². The molecule has 1 aliphatic heterocycles. The number of hydrogen-bond donors (Lipinski definition) is 2. The molecule has 1 atom stereocenters. The van der Waals surface area contributed by atoms with Gasteiger partial charge in [-0.15, -0.1) is 0 Å². The second kappa shape index (κ2) is 7.59. The molecule has 1 aliphatic rings. The summed E-state index contributed by atoms with van der Waals surface area (Å²) in [6.45, 7) is 10.8. The van der Waals surface area contributed by atoms with Gasteiger partial charge in [0.1, 0.15) is 18.0 Å². The Balaban J connectivity index is 2.06. The van der Waals surface area contributed by atoms with Gasteiger partial charge < -0.3 is 15.5 Å². The summed E-state index contributed by atoms with van der Waals surface area (Å²) in [5.41, 5.74) is 1.20. The van der Waals surface area contributed by atoms with Crippen LogP contribution in [0.1, 0.15) is 45.1 Å². The van der Waals surface area contributed by atoms with E-state index in [2.05, 4.69) is 53.3 Å². The van der Waals surface area contributed by atoms with Crippen LogP contribution in [0.3, 0.4) is 0 Å². The van der Waals surface area contributed by atoms with Gasteiger partial charge in [-0.1, -0.05) is 13.8 Å². The summed E-state index contributed by atoms with van der Waals surface area (Å²) < 4.78 is 0. The van der Waals surface area contributed by atoms with Crippen molar-refractivity contribution in [1.82, 2.24) is 14.9 Å². The molecule has 2 N–H and O–H groups in total. The molecule has 2 heterocycles. The normalized spacial score (nSPS) is 19.8. The number of piperidine rings is 1. The summed E-state index contributed by atoms with van der Waals surface area (Å²) in [6, 6.07) is 0. The first kappa shape index (κ1) is 16.0. The number of aromatic nitrogens is 2. The Hall–Kier alpha value is -1.36. The van der Waals surface area contributed by atoms with Gasteiger partial charge in [-0.25, -0.2) is 9.97 Å². The highest BCUT2D eigenvalue weighted by atomic mass is 15.1. The Labute approximate surface area is 128 Å². The van der Waals surface area contributed by atoms with Crippen LogP contribution in [0.2, 0.25) is 0 Å². The van der Waals surface area contributed by atoms with Crippen LogP contribution in [0.4, 0.5) is 11.6 Å². The van der Waals surface area contributed by atoms with Gasteiger partial charge >= 0.3 is 0 Å². The highest BCUT2D eigenvalue weighted by Crippen LogP contribution is 2.28. The molecule has 0 amide bonds. The van der Waals surface area contributed by atoms with Gasteiger partial charge in [0.25, 0.3) is 0 Å². The molecule has 1 saturated heterocycles. The molecular weight excluding hydrogens is 262 g/mol. The molecule has 0 aliphatic carbocycles. The second-order valence-electron chi connectivity index (χ2n) is 6.32. The maximum atomic E-state index is 4.47. The molecule has 5 nitrogen and oxygen atoms in total. The molecule has 0 aromatic carbocycles. The average molecular weight is 291 g/mol. The van der Waals surface area contributed by atoms with Crippen LogP contribution in [0, 0.1) is 5.92 Å². The van der Waals surface area contributed by atoms with E-state index in [-0.39, 0.29) is 0 Å². The molecule has 0 radical (unpaired) electrons. The maximum absolute atomic E-state index is 4.47. The average Bonchev–Trinajstić information content (AvgIpc) is 2.45. The fourth-order valence-corrected chi connectivity index (χ4v) is 3.07. The lowest BCUT2D eigenvalue weighted by Gasteiger charge is -2.30. The van der Waals surface area contributed by atoms with Gasteiger partial charge in [0.15, 0.2) is 0 Å². The Morgan fingerprint density at radius 2 is 2.00 bits per heavy atom. The number of likely N-dealkylation sites (tertiary alicyclic amines) is 1. The molecule has 0 bridgehead atoms. The minimum atomic E-state index is 0.400. The van der Waals surface area contributed by atoms with E-state index >= 15 is 0 Å². The predicted molar refractivity (Wildman–Crippen MR) is 89.0 cm³/mol. The zero-order valence-electron chi connectivity index (χ0n) is 13.8. The smallest absolute Gasteiger partial charge is 0.134 e. The Morgan fingerprint density at radius 1 is 1.29 bits per heavy atom. The van der Waals surface area contributed by atoms with Crippen molar-refractivity contribution in [2.24, 2.45) is 5.92 Å². The van der Waals surface area contributed by atoms with Gasteiger partial charge in [0.05, 0.1) is 0 Å². The van der Waals surface area contributed by atoms with Gasteiger partial charge in [-0.05, 0) is 45.2 Å². The number of anilines is 2. The third-order valence-electron chi connectivity index (χ3n) is 4.09. The Bertz CT molecular complexity index is 446. The number of hydrogen-bond acceptors (Lipinski definition) is 5. The lowest BCUT2D eigenvalue weighted by atomic mass is 9.98. The number of rotatable bonds is 6. The molecule has 2 rings (SSSR count). The van der Waals surface area contributed by atoms with Crippen molar-refractivity contribution in [3.8, 4) is 0 Å². The Kier molecular flexibility index (Phi) is 5.79. The summed E-state index contributed by atoms with van der Waals surface area (Å²) >= 11 is 0. The van der Waals surface area contributed by atoms with Crippen LogP contribution in [-0.2, 0) is 0 Å². The second-order valence-corrected chi connectivity index (χ2v) is 6.32. The quantitative estimate of drug-likeness (QED) is 0.844. The fourth-order valence-electron chi connectivity index (χ4n) is 3.07. The van der Waals surface area contributed by atoms with Gasteiger partial charge in [0, 0.05) is 25.2 Å². The van der Waals surface area contributed by atoms with Crippen LogP contribution < -0.4 is 10.6 Å². The largest absolute Gasteiger partial charge is 0.370 e. The maximum Gasteiger partial charge on any atom is 0.134 e. The third-order valence-corrected chi connectivity index (χ3v) is 4.09. The van der Waals surface area contributed by atoms with E-state index in [1.54, 1.807) is 6.33 Å². The first-order valence-electron chi connectivity index (χ1n) is 8.13. The van der Waals surface area contributed by atoms with Gasteiger partial charge in [-0.2, -0.15) is 0 Å². The highest BCUT2D eigenvalue weighted by molar-refractivity contribution is 5.58. The summed E-state index contributed by atoms with van der Waals surface area (Å²) in [4.78, 5) is 11.3. The van der Waals surface area contributed by atoms with Crippen LogP contribution >= 0.6 is 0 Å². The molecule has 21 heavy (non-hydrogen) atoms. The lowest BCUT2D eigenvalue weighted by molar-refractivity contribution is 0.217. The Morgan fingerprint density at radius 3 is 2.62 bits per heavy atom. The molecule has 0 saturated carbocycles. The van der Waals surface area contributed by atoms with Gasteiger partial charge in [0.2, 0.25) is 0 Å². The predicted octanol–water partition coefficient (Wildman–Crippen LogP) is 2.79. The van der Waals surface area contributed by atoms with Crippen LogP contribution in [0.25, 0.3) is 0 Å². The van der Waals surface area contributed by atoms with Crippen LogP contribution in [0.5, 0.6) is 0 Å². The van der Waals surface area contributed by atoms with Crippen molar-refractivity contribution in [3.63, 3.8) is 0 Å². The third kappa shape index (κ3) is 4.30. The molecular formula is C16H29N5. The fraction of sp³-hybridized carbons (Fsp3) is 0.750. The van der Waals surface area contributed by atoms with E-state index in [1.165, 1.54) is 31.5 Å². The first-order chi connectivity index (χ1) is 10.1. The van der Waals surface area contributed by atoms with Gasteiger partial charge in [-0.3, -0.25) is 0 Å². The van der Waals surface area contributed by atoms with E-state index in [1.807, 2.05) is 0 Å². The van der Waals surface area contributed by atoms with Crippen LogP contribution in [0.15, 0.2) is 6.33 Å². The van der Waals surface area contributed by atoms with E-state index < -0.39 is 0 Å². The monoisotopic (exact) mass is 291 g/mol. The molecule has 118 valence electrons. The van der Waals surface area contributed by atoms with Crippen molar-refractivity contribution in [2.75, 3.05) is 43.9 Å². The molecule has 1 fully saturated rings. The molecule has 1 unspecified atom stereocenters. The lowest BCUT2D eigenvalue weighted by Crippen LogP contribution is -2.35. The van der Waals surface area contributed by atoms with Crippen molar-refractivity contribution in [3.05, 3.63) is 11.9 Å². The zero-order valence-corrected chi connectivity index (χ0v) is 13.8. The summed E-state index contributed by atoms with van der Waals surface area (Å²) in [5, 5.41) is 6.91. The van der Waals surface area contributed by atoms with Crippen molar-refractivity contribution in [2.45, 2.75) is 39.5 Å². The molecule has 0 spiro atoms. The first-order valence-corrected chi connectivity index (χ1v) is 8.13. The van der Waals surface area contributed by atoms with E-state index in [9.17, 15) is 0 Å². The van der Waals surface area contributed by atoms with Crippen LogP contribution in [-0.4, -0.2) is 48.1 Å². The molecule has 1 aromatic heterocycles. The van der Waals surface area contributed by atoms with Crippen molar-refractivity contribution in [1.29, 1.82) is 0 Å². The van der Waals surface area contributed by atoms with E-state index in [4.69, 9.17) is 0 Å². The summed E-state index contributed by atoms with van der Waals surface area (Å²) in [5.74, 6) is 3.06. The standard InChI is InChI=1S/C16H29N5/c1-5-17-15-14(12(2)3)16(20-11-19-15)18-9-13-7-6-8-21(4)10-13/h11-13H,5-10H2,1-4H3,(H2,17,18,19,20). The molecule has 1 aromatic rings. The minimum absolute atomic E-state index is 0.400. The van der Waals surface area contributed by atoms with E-state index in [0.29, 0.717) is 11.8 Å².